The van der Waals surface area contributed by atoms with Crippen molar-refractivity contribution in [3.63, 3.8) is 0 Å². The van der Waals surface area contributed by atoms with Gasteiger partial charge in [-0.3, -0.25) is 4.98 Å². The summed E-state index contributed by atoms with van der Waals surface area (Å²) in [6.45, 7) is 4.50. The molecule has 0 saturated carbocycles. The first-order valence-corrected chi connectivity index (χ1v) is 18.4. The first kappa shape index (κ1) is 31.7. The highest BCUT2D eigenvalue weighted by Crippen LogP contribution is 2.41. The lowest BCUT2D eigenvalue weighted by Gasteiger charge is -2.25. The Morgan fingerprint density at radius 1 is 0.463 bits per heavy atom. The van der Waals surface area contributed by atoms with Gasteiger partial charge in [0.2, 0.25) is 0 Å². The van der Waals surface area contributed by atoms with Crippen molar-refractivity contribution in [2.75, 3.05) is 4.90 Å². The van der Waals surface area contributed by atoms with Crippen LogP contribution in [0.5, 0.6) is 0 Å². The van der Waals surface area contributed by atoms with E-state index in [0.29, 0.717) is 0 Å². The van der Waals surface area contributed by atoms with Crippen LogP contribution >= 0.6 is 0 Å². The Kier molecular flexibility index (Phi) is 7.55. The lowest BCUT2D eigenvalue weighted by Crippen LogP contribution is -2.09. The molecule has 0 aliphatic heterocycles. The maximum Gasteiger partial charge on any atom is 0.0972 e. The van der Waals surface area contributed by atoms with Gasteiger partial charge in [-0.05, 0) is 103 Å². The van der Waals surface area contributed by atoms with Gasteiger partial charge in [0.05, 0.1) is 27.8 Å². The Labute approximate surface area is 314 Å². The molecular weight excluding hydrogens is 657 g/mol. The van der Waals surface area contributed by atoms with Gasteiger partial charge in [0, 0.05) is 56.1 Å². The van der Waals surface area contributed by atoms with Crippen molar-refractivity contribution in [2.45, 2.75) is 13.8 Å². The van der Waals surface area contributed by atoms with Crippen LogP contribution in [0, 0.1) is 13.8 Å². The molecule has 10 rings (SSSR count). The van der Waals surface area contributed by atoms with Gasteiger partial charge in [-0.1, -0.05) is 109 Å². The molecule has 10 aromatic rings. The van der Waals surface area contributed by atoms with E-state index in [0.717, 1.165) is 50.1 Å². The molecule has 0 saturated heterocycles. The Morgan fingerprint density at radius 2 is 1.11 bits per heavy atom. The molecule has 256 valence electrons. The topological polar surface area (TPSA) is 34.0 Å². The normalized spacial score (nSPS) is 11.5. The average molecular weight is 693 g/mol. The molecule has 54 heavy (non-hydrogen) atoms. The highest BCUT2D eigenvalue weighted by molar-refractivity contribution is 6.11. The maximum absolute atomic E-state index is 5.08. The summed E-state index contributed by atoms with van der Waals surface area (Å²) in [5.41, 5.74) is 15.8. The zero-order valence-corrected chi connectivity index (χ0v) is 30.1. The summed E-state index contributed by atoms with van der Waals surface area (Å²) < 4.78 is 2.43. The third-order valence-corrected chi connectivity index (χ3v) is 10.9. The molecule has 4 heteroatoms. The summed E-state index contributed by atoms with van der Waals surface area (Å²) in [5, 5.41) is 4.65. The van der Waals surface area contributed by atoms with Crippen LogP contribution in [0.3, 0.4) is 0 Å². The Hall–Kier alpha value is -7.04. The fraction of sp³-hybridized carbons (Fsp3) is 0.0400. The first-order chi connectivity index (χ1) is 26.6. The van der Waals surface area contributed by atoms with Crippen molar-refractivity contribution < 1.29 is 0 Å². The van der Waals surface area contributed by atoms with Crippen molar-refractivity contribution in [1.29, 1.82) is 0 Å². The molecule has 0 unspecified atom stereocenters. The second-order valence-electron chi connectivity index (χ2n) is 13.9. The van der Waals surface area contributed by atoms with E-state index in [1.54, 1.807) is 0 Å². The van der Waals surface area contributed by atoms with Gasteiger partial charge < -0.3 is 9.47 Å². The van der Waals surface area contributed by atoms with Gasteiger partial charge in [-0.2, -0.15) is 0 Å². The van der Waals surface area contributed by atoms with E-state index in [4.69, 9.17) is 4.98 Å². The molecule has 3 heterocycles. The maximum atomic E-state index is 5.08. The van der Waals surface area contributed by atoms with E-state index >= 15 is 0 Å². The zero-order chi connectivity index (χ0) is 36.2. The minimum atomic E-state index is 0.933. The molecule has 0 fully saturated rings. The van der Waals surface area contributed by atoms with Crippen LogP contribution < -0.4 is 4.90 Å². The third-order valence-electron chi connectivity index (χ3n) is 10.9. The third kappa shape index (κ3) is 5.22. The van der Waals surface area contributed by atoms with E-state index < -0.39 is 0 Å². The van der Waals surface area contributed by atoms with Crippen molar-refractivity contribution in [1.82, 2.24) is 14.5 Å². The van der Waals surface area contributed by atoms with Gasteiger partial charge in [-0.15, -0.1) is 0 Å². The highest BCUT2D eigenvalue weighted by atomic mass is 15.1. The summed E-state index contributed by atoms with van der Waals surface area (Å²) in [5.74, 6) is 0. The Balaban J connectivity index is 1.04. The van der Waals surface area contributed by atoms with Crippen LogP contribution in [-0.2, 0) is 0 Å². The first-order valence-electron chi connectivity index (χ1n) is 18.4. The quantitative estimate of drug-likeness (QED) is 0.163. The van der Waals surface area contributed by atoms with E-state index in [9.17, 15) is 0 Å². The fourth-order valence-corrected chi connectivity index (χ4v) is 8.03. The fourth-order valence-electron chi connectivity index (χ4n) is 8.03. The number of pyridine rings is 2. The van der Waals surface area contributed by atoms with Gasteiger partial charge in [0.25, 0.3) is 0 Å². The van der Waals surface area contributed by atoms with Crippen molar-refractivity contribution in [2.24, 2.45) is 0 Å². The van der Waals surface area contributed by atoms with E-state index in [1.807, 2.05) is 12.3 Å². The number of fused-ring (bicyclic) bond motifs is 6. The smallest absolute Gasteiger partial charge is 0.0972 e. The molecule has 0 aliphatic rings. The molecule has 0 radical (unpaired) electrons. The largest absolute Gasteiger partial charge is 0.310 e. The summed E-state index contributed by atoms with van der Waals surface area (Å²) in [7, 11) is 0. The van der Waals surface area contributed by atoms with Crippen LogP contribution in [0.2, 0.25) is 0 Å². The Morgan fingerprint density at radius 3 is 1.87 bits per heavy atom. The molecular formula is C50H36N4. The lowest BCUT2D eigenvalue weighted by molar-refractivity contribution is 1.13. The molecule has 0 amide bonds. The number of nitrogens with zero attached hydrogens (tertiary/aromatic N) is 4. The molecule has 0 spiro atoms. The molecule has 0 N–H and O–H groups in total. The number of anilines is 3. The number of benzene rings is 7. The zero-order valence-electron chi connectivity index (χ0n) is 30.1. The van der Waals surface area contributed by atoms with E-state index in [2.05, 4.69) is 198 Å². The van der Waals surface area contributed by atoms with Gasteiger partial charge >= 0.3 is 0 Å². The summed E-state index contributed by atoms with van der Waals surface area (Å²) in [6, 6.07) is 62.7. The van der Waals surface area contributed by atoms with Crippen molar-refractivity contribution in [3.8, 4) is 28.1 Å². The molecule has 0 bridgehead atoms. The second-order valence-corrected chi connectivity index (χ2v) is 13.9. The molecule has 0 aliphatic carbocycles. The van der Waals surface area contributed by atoms with Crippen LogP contribution in [0.1, 0.15) is 11.1 Å². The SMILES string of the molecule is Cc1c(-c2ccc(-c3ccc4ccc5cccnc5c4n3)cc2)ccc(-n2c3ccccc3c3cc(N(c4ccccc4)c4ccccc4)ccc32)c1C. The second kappa shape index (κ2) is 12.9. The molecule has 7 aromatic carbocycles. The van der Waals surface area contributed by atoms with Crippen LogP contribution in [-0.4, -0.2) is 14.5 Å². The Bertz CT molecular complexity index is 2960. The summed E-state index contributed by atoms with van der Waals surface area (Å²) in [4.78, 5) is 12.0. The number of rotatable bonds is 6. The van der Waals surface area contributed by atoms with Crippen molar-refractivity contribution in [3.05, 3.63) is 193 Å². The highest BCUT2D eigenvalue weighted by Gasteiger charge is 2.19. The van der Waals surface area contributed by atoms with E-state index in [-0.39, 0.29) is 0 Å². The molecule has 0 atom stereocenters. The minimum absolute atomic E-state index is 0.933. The van der Waals surface area contributed by atoms with E-state index in [1.165, 1.54) is 49.7 Å². The van der Waals surface area contributed by atoms with Crippen LogP contribution in [0.25, 0.3) is 71.7 Å². The monoisotopic (exact) mass is 692 g/mol. The van der Waals surface area contributed by atoms with Gasteiger partial charge in [-0.25, -0.2) is 4.98 Å². The predicted octanol–water partition coefficient (Wildman–Crippen LogP) is 13.3. The standard InChI is InChI=1S/C50H36N4/c1-33-34(2)46(30-27-42(33)35-19-21-36(22-20-35)45-28-25-38-24-23-37-12-11-31-51-49(37)50(38)52-45)54-47-18-10-9-17-43(47)44-32-41(26-29-48(44)54)53(39-13-5-3-6-14-39)40-15-7-4-8-16-40/h3-32H,1-2H3. The average Bonchev–Trinajstić information content (AvgIpc) is 3.56. The molecule has 4 nitrogen and oxygen atoms in total. The number of hydrogen-bond acceptors (Lipinski definition) is 3. The molecule has 3 aromatic heterocycles. The van der Waals surface area contributed by atoms with Gasteiger partial charge in [0.1, 0.15) is 0 Å². The number of aromatic nitrogens is 3. The summed E-state index contributed by atoms with van der Waals surface area (Å²) >= 11 is 0. The van der Waals surface area contributed by atoms with Crippen molar-refractivity contribution >= 4 is 60.7 Å². The van der Waals surface area contributed by atoms with Crippen LogP contribution in [0.4, 0.5) is 17.1 Å². The number of para-hydroxylation sites is 3. The minimum Gasteiger partial charge on any atom is -0.310 e. The van der Waals surface area contributed by atoms with Gasteiger partial charge in [0.15, 0.2) is 0 Å². The predicted molar refractivity (Wildman–Crippen MR) is 226 cm³/mol. The number of hydrogen-bond donors (Lipinski definition) is 0. The summed E-state index contributed by atoms with van der Waals surface area (Å²) in [6.07, 6.45) is 1.84. The lowest BCUT2D eigenvalue weighted by atomic mass is 9.94. The van der Waals surface area contributed by atoms with Crippen LogP contribution in [0.15, 0.2) is 182 Å².